The number of rotatable bonds is 3. The van der Waals surface area contributed by atoms with E-state index in [9.17, 15) is 0 Å². The average molecular weight is 565 g/mol. The van der Waals surface area contributed by atoms with Crippen LogP contribution in [-0.2, 0) is 5.41 Å². The minimum Gasteiger partial charge on any atom is -0.457 e. The molecule has 1 spiro atoms. The van der Waals surface area contributed by atoms with E-state index in [0.29, 0.717) is 0 Å². The van der Waals surface area contributed by atoms with Crippen LogP contribution in [-0.4, -0.2) is 5.71 Å². The molecule has 6 aromatic carbocycles. The summed E-state index contributed by atoms with van der Waals surface area (Å²) in [4.78, 5) is 5.30. The summed E-state index contributed by atoms with van der Waals surface area (Å²) in [5, 5.41) is 3.78. The molecule has 1 unspecified atom stereocenters. The number of allylic oxidation sites excluding steroid dienone is 1. The summed E-state index contributed by atoms with van der Waals surface area (Å²) in [6, 6.07) is 53.7. The molecule has 6 aromatic rings. The molecule has 1 aliphatic carbocycles. The third kappa shape index (κ3) is 3.59. The Bertz CT molecular complexity index is 2080. The van der Waals surface area contributed by atoms with E-state index in [0.717, 1.165) is 50.7 Å². The zero-order valence-electron chi connectivity index (χ0n) is 23.9. The fraction of sp³-hybridized carbons (Fsp3) is 0.0488. The fourth-order valence-electron chi connectivity index (χ4n) is 7.29. The zero-order chi connectivity index (χ0) is 29.1. The topological polar surface area (TPSA) is 33.6 Å². The molecule has 2 heterocycles. The van der Waals surface area contributed by atoms with Gasteiger partial charge < -0.3 is 10.1 Å². The Morgan fingerprint density at radius 1 is 0.523 bits per heavy atom. The molecule has 0 fully saturated rings. The average Bonchev–Trinajstić information content (AvgIpc) is 3.39. The second-order valence-electron chi connectivity index (χ2n) is 11.5. The van der Waals surface area contributed by atoms with Gasteiger partial charge in [-0.2, -0.15) is 0 Å². The van der Waals surface area contributed by atoms with Gasteiger partial charge in [-0.25, -0.2) is 0 Å². The van der Waals surface area contributed by atoms with Crippen LogP contribution in [0.2, 0.25) is 0 Å². The maximum atomic E-state index is 6.53. The van der Waals surface area contributed by atoms with Crippen LogP contribution in [0.3, 0.4) is 0 Å². The van der Waals surface area contributed by atoms with Crippen molar-refractivity contribution in [3.8, 4) is 22.6 Å². The van der Waals surface area contributed by atoms with Gasteiger partial charge in [0, 0.05) is 16.8 Å². The number of hydrogen-bond acceptors (Lipinski definition) is 3. The first-order valence-electron chi connectivity index (χ1n) is 15.1. The molecule has 0 aromatic heterocycles. The molecule has 0 radical (unpaired) electrons. The Balaban J connectivity index is 1.27. The quantitative estimate of drug-likeness (QED) is 0.232. The largest absolute Gasteiger partial charge is 0.457 e. The van der Waals surface area contributed by atoms with E-state index in [4.69, 9.17) is 9.73 Å². The van der Waals surface area contributed by atoms with Crippen molar-refractivity contribution in [2.75, 3.05) is 0 Å². The molecular formula is C41H28N2O. The number of para-hydroxylation sites is 2. The predicted octanol–water partition coefficient (Wildman–Crippen LogP) is 9.29. The van der Waals surface area contributed by atoms with Crippen molar-refractivity contribution >= 4 is 11.4 Å². The zero-order valence-corrected chi connectivity index (χ0v) is 23.9. The standard InChI is InChI=1S/C41H28N2O/c1-3-13-27(14-4-1)36-26-37(28-15-5-2-6-16-28)43-40(42-36)29-23-24-31-30-17-7-8-18-32(30)41(35(31)25-29)33-19-9-11-21-38(33)44-39-22-12-10-20-34(39)41/h1-26,40,42H. The molecule has 3 heteroatoms. The van der Waals surface area contributed by atoms with Gasteiger partial charge in [0.05, 0.1) is 11.1 Å². The number of ether oxygens (including phenoxy) is 1. The van der Waals surface area contributed by atoms with E-state index in [-0.39, 0.29) is 6.17 Å². The molecule has 208 valence electrons. The van der Waals surface area contributed by atoms with Crippen molar-refractivity contribution < 1.29 is 4.74 Å². The first kappa shape index (κ1) is 24.9. The predicted molar refractivity (Wildman–Crippen MR) is 177 cm³/mol. The van der Waals surface area contributed by atoms with E-state index < -0.39 is 5.41 Å². The van der Waals surface area contributed by atoms with E-state index in [1.165, 1.54) is 22.3 Å². The maximum Gasteiger partial charge on any atom is 0.145 e. The van der Waals surface area contributed by atoms with E-state index in [1.54, 1.807) is 0 Å². The van der Waals surface area contributed by atoms with Crippen LogP contribution >= 0.6 is 0 Å². The van der Waals surface area contributed by atoms with E-state index in [1.807, 2.05) is 6.07 Å². The minimum absolute atomic E-state index is 0.262. The SMILES string of the molecule is C1=C(c2ccccc2)NC(c2ccc3c(c2)C2(c4ccccc4Oc4ccccc42)c2ccccc2-3)N=C1c1ccccc1. The second-order valence-corrected chi connectivity index (χ2v) is 11.5. The highest BCUT2D eigenvalue weighted by Crippen LogP contribution is 2.62. The van der Waals surface area contributed by atoms with Gasteiger partial charge >= 0.3 is 0 Å². The summed E-state index contributed by atoms with van der Waals surface area (Å²) < 4.78 is 6.53. The first-order chi connectivity index (χ1) is 21.8. The van der Waals surface area contributed by atoms with Crippen molar-refractivity contribution in [1.82, 2.24) is 5.32 Å². The molecule has 3 nitrogen and oxygen atoms in total. The number of nitrogens with one attached hydrogen (secondary N) is 1. The Morgan fingerprint density at radius 2 is 1.09 bits per heavy atom. The van der Waals surface area contributed by atoms with Crippen LogP contribution in [0.15, 0.2) is 163 Å². The van der Waals surface area contributed by atoms with Crippen LogP contribution in [0.5, 0.6) is 11.5 Å². The summed E-state index contributed by atoms with van der Waals surface area (Å²) in [5.41, 5.74) is 12.3. The summed E-state index contributed by atoms with van der Waals surface area (Å²) in [6.07, 6.45) is 1.90. The fourth-order valence-corrected chi connectivity index (χ4v) is 7.29. The van der Waals surface area contributed by atoms with Gasteiger partial charge in [-0.15, -0.1) is 0 Å². The van der Waals surface area contributed by atoms with Gasteiger partial charge in [0.2, 0.25) is 0 Å². The number of fused-ring (bicyclic) bond motifs is 9. The molecule has 0 amide bonds. The van der Waals surface area contributed by atoms with Crippen molar-refractivity contribution in [1.29, 1.82) is 0 Å². The molecule has 0 saturated carbocycles. The molecule has 9 rings (SSSR count). The third-order valence-electron chi connectivity index (χ3n) is 9.18. The van der Waals surface area contributed by atoms with Gasteiger partial charge in [0.1, 0.15) is 17.7 Å². The highest BCUT2D eigenvalue weighted by atomic mass is 16.5. The Morgan fingerprint density at radius 3 is 1.80 bits per heavy atom. The molecule has 44 heavy (non-hydrogen) atoms. The Kier molecular flexibility index (Phi) is 5.48. The lowest BCUT2D eigenvalue weighted by Gasteiger charge is -2.39. The molecule has 0 saturated heterocycles. The number of hydrogen-bond donors (Lipinski definition) is 1. The van der Waals surface area contributed by atoms with E-state index >= 15 is 0 Å². The summed E-state index contributed by atoms with van der Waals surface area (Å²) in [6.45, 7) is 0. The van der Waals surface area contributed by atoms with Crippen LogP contribution in [0.4, 0.5) is 0 Å². The summed E-state index contributed by atoms with van der Waals surface area (Å²) in [7, 11) is 0. The summed E-state index contributed by atoms with van der Waals surface area (Å²) in [5.74, 6) is 1.79. The molecular weight excluding hydrogens is 536 g/mol. The van der Waals surface area contributed by atoms with Gasteiger partial charge in [0.25, 0.3) is 0 Å². The van der Waals surface area contributed by atoms with Crippen LogP contribution in [0.1, 0.15) is 45.1 Å². The van der Waals surface area contributed by atoms with Gasteiger partial charge in [-0.05, 0) is 63.2 Å². The van der Waals surface area contributed by atoms with Crippen LogP contribution in [0, 0.1) is 0 Å². The van der Waals surface area contributed by atoms with Crippen LogP contribution < -0.4 is 10.1 Å². The molecule has 2 aliphatic heterocycles. The van der Waals surface area contributed by atoms with Crippen molar-refractivity contribution in [3.05, 3.63) is 197 Å². The minimum atomic E-state index is -0.508. The second kappa shape index (κ2) is 9.68. The Labute approximate surface area is 256 Å². The normalized spacial score (nSPS) is 16.8. The Hall–Kier alpha value is -5.67. The van der Waals surface area contributed by atoms with E-state index in [2.05, 4.69) is 157 Å². The molecule has 3 aliphatic rings. The maximum absolute atomic E-state index is 6.53. The monoisotopic (exact) mass is 564 g/mol. The van der Waals surface area contributed by atoms with Crippen molar-refractivity contribution in [3.63, 3.8) is 0 Å². The lowest BCUT2D eigenvalue weighted by atomic mass is 9.66. The third-order valence-corrected chi connectivity index (χ3v) is 9.18. The first-order valence-corrected chi connectivity index (χ1v) is 15.1. The molecule has 1 N–H and O–H groups in total. The lowest BCUT2D eigenvalue weighted by molar-refractivity contribution is 0.436. The summed E-state index contributed by atoms with van der Waals surface area (Å²) >= 11 is 0. The molecule has 1 atom stereocenters. The number of benzene rings is 6. The number of nitrogens with zero attached hydrogens (tertiary/aromatic N) is 1. The number of aliphatic imine (C=N–C) groups is 1. The smallest absolute Gasteiger partial charge is 0.145 e. The highest BCUT2D eigenvalue weighted by molar-refractivity contribution is 6.13. The van der Waals surface area contributed by atoms with Gasteiger partial charge in [-0.3, -0.25) is 4.99 Å². The van der Waals surface area contributed by atoms with Crippen LogP contribution in [0.25, 0.3) is 16.8 Å². The highest BCUT2D eigenvalue weighted by Gasteiger charge is 2.51. The van der Waals surface area contributed by atoms with Gasteiger partial charge in [0.15, 0.2) is 0 Å². The lowest BCUT2D eigenvalue weighted by Crippen LogP contribution is -2.32. The van der Waals surface area contributed by atoms with Crippen molar-refractivity contribution in [2.24, 2.45) is 4.99 Å². The van der Waals surface area contributed by atoms with Crippen molar-refractivity contribution in [2.45, 2.75) is 11.6 Å². The molecule has 0 bridgehead atoms. The van der Waals surface area contributed by atoms with Gasteiger partial charge in [-0.1, -0.05) is 133 Å².